The molecule has 1 fully saturated rings. The number of carbonyl (C=O) groups excluding carboxylic acids is 2. The smallest absolute Gasteiger partial charge is 0.258 e. The molecule has 2 aliphatic heterocycles. The van der Waals surface area contributed by atoms with Gasteiger partial charge in [-0.2, -0.15) is 0 Å². The number of likely N-dealkylation sites (tertiary alicyclic amines) is 1. The molecule has 2 aliphatic rings. The Bertz CT molecular complexity index is 857. The zero-order valence-corrected chi connectivity index (χ0v) is 15.0. The number of pyridine rings is 1. The summed E-state index contributed by atoms with van der Waals surface area (Å²) < 4.78 is 4.99. The standard InChI is InChI=1S/C20H21N3O4/c1-27-12-18(25)23-16-10-22(20(26)13-6-8-21-9-7-13)15-5-3-2-4-14(15)19(16)17(23)11-24/h2-9,16-17,19,24H,10-12H2,1H3/t16-,17+,19+/m1/s1. The zero-order valence-electron chi connectivity index (χ0n) is 15.0. The minimum absolute atomic E-state index is 0.00787. The molecule has 0 saturated carbocycles. The van der Waals surface area contributed by atoms with Gasteiger partial charge in [0.05, 0.1) is 18.7 Å². The quantitative estimate of drug-likeness (QED) is 0.873. The molecule has 2 aromatic rings. The number of methoxy groups -OCH3 is 1. The van der Waals surface area contributed by atoms with E-state index in [2.05, 4.69) is 4.98 Å². The maximum Gasteiger partial charge on any atom is 0.258 e. The van der Waals surface area contributed by atoms with Gasteiger partial charge in [0.25, 0.3) is 5.91 Å². The van der Waals surface area contributed by atoms with Crippen LogP contribution in [0.3, 0.4) is 0 Å². The fourth-order valence-corrected chi connectivity index (χ4v) is 4.28. The average molecular weight is 367 g/mol. The lowest BCUT2D eigenvalue weighted by Gasteiger charge is -2.58. The second-order valence-electron chi connectivity index (χ2n) is 6.79. The number of nitrogens with zero attached hydrogens (tertiary/aromatic N) is 3. The van der Waals surface area contributed by atoms with Crippen LogP contribution in [0.15, 0.2) is 48.8 Å². The molecule has 0 aliphatic carbocycles. The van der Waals surface area contributed by atoms with Crippen LogP contribution in [0.4, 0.5) is 5.69 Å². The third-order valence-electron chi connectivity index (χ3n) is 5.42. The summed E-state index contributed by atoms with van der Waals surface area (Å²) in [6.07, 6.45) is 3.18. The topological polar surface area (TPSA) is 83.0 Å². The van der Waals surface area contributed by atoms with Crippen LogP contribution in [0.5, 0.6) is 0 Å². The van der Waals surface area contributed by atoms with E-state index in [4.69, 9.17) is 4.74 Å². The summed E-state index contributed by atoms with van der Waals surface area (Å²) in [5.74, 6) is -0.295. The molecule has 4 rings (SSSR count). The van der Waals surface area contributed by atoms with Gasteiger partial charge in [0.1, 0.15) is 6.61 Å². The van der Waals surface area contributed by atoms with Crippen LogP contribution in [0.1, 0.15) is 21.8 Å². The van der Waals surface area contributed by atoms with Gasteiger partial charge in [-0.1, -0.05) is 18.2 Å². The third kappa shape index (κ3) is 2.79. The normalized spacial score (nSPS) is 23.3. The van der Waals surface area contributed by atoms with Crippen LogP contribution in [0.25, 0.3) is 0 Å². The van der Waals surface area contributed by atoms with Gasteiger partial charge in [-0.15, -0.1) is 0 Å². The summed E-state index contributed by atoms with van der Waals surface area (Å²) in [7, 11) is 1.47. The number of aliphatic hydroxyl groups is 1. The second kappa shape index (κ2) is 7.09. The molecule has 0 unspecified atom stereocenters. The molecule has 2 amide bonds. The third-order valence-corrected chi connectivity index (χ3v) is 5.42. The molecule has 0 spiro atoms. The first-order chi connectivity index (χ1) is 13.2. The predicted molar refractivity (Wildman–Crippen MR) is 98.5 cm³/mol. The first-order valence-corrected chi connectivity index (χ1v) is 8.89. The fraction of sp³-hybridized carbons (Fsp3) is 0.350. The Hall–Kier alpha value is -2.77. The second-order valence-corrected chi connectivity index (χ2v) is 6.79. The van der Waals surface area contributed by atoms with E-state index < -0.39 is 0 Å². The van der Waals surface area contributed by atoms with Crippen LogP contribution in [0, 0.1) is 0 Å². The number of fused-ring (bicyclic) bond motifs is 3. The first-order valence-electron chi connectivity index (χ1n) is 8.89. The SMILES string of the molecule is COCC(=O)N1[C@@H]2CN(C(=O)c3ccncc3)c3ccccc3[C@@H]2[C@@H]1CO. The summed E-state index contributed by atoms with van der Waals surface area (Å²) in [6.45, 7) is 0.220. The largest absolute Gasteiger partial charge is 0.394 e. The Morgan fingerprint density at radius 2 is 1.96 bits per heavy atom. The number of aromatic nitrogens is 1. The van der Waals surface area contributed by atoms with Crippen LogP contribution in [0.2, 0.25) is 0 Å². The number of hydrogen-bond donors (Lipinski definition) is 1. The maximum absolute atomic E-state index is 13.1. The Balaban J connectivity index is 1.72. The van der Waals surface area contributed by atoms with Gasteiger partial charge < -0.3 is 19.6 Å². The first kappa shape index (κ1) is 17.6. The molecule has 27 heavy (non-hydrogen) atoms. The van der Waals surface area contributed by atoms with Crippen molar-refractivity contribution < 1.29 is 19.4 Å². The van der Waals surface area contributed by atoms with Gasteiger partial charge in [0.15, 0.2) is 0 Å². The molecule has 3 atom stereocenters. The molecule has 1 saturated heterocycles. The van der Waals surface area contributed by atoms with Crippen molar-refractivity contribution in [2.24, 2.45) is 0 Å². The summed E-state index contributed by atoms with van der Waals surface area (Å²) in [5, 5.41) is 9.87. The van der Waals surface area contributed by atoms with Crippen LogP contribution in [-0.2, 0) is 9.53 Å². The molecule has 1 N–H and O–H groups in total. The fourth-order valence-electron chi connectivity index (χ4n) is 4.28. The van der Waals surface area contributed by atoms with E-state index in [1.165, 1.54) is 7.11 Å². The van der Waals surface area contributed by atoms with Gasteiger partial charge in [-0.25, -0.2) is 0 Å². The van der Waals surface area contributed by atoms with Crippen molar-refractivity contribution in [3.63, 3.8) is 0 Å². The van der Waals surface area contributed by atoms with Crippen LogP contribution >= 0.6 is 0 Å². The lowest BCUT2D eigenvalue weighted by Crippen LogP contribution is -2.71. The lowest BCUT2D eigenvalue weighted by molar-refractivity contribution is -0.154. The number of para-hydroxylation sites is 1. The van der Waals surface area contributed by atoms with Crippen molar-refractivity contribution in [2.45, 2.75) is 18.0 Å². The molecule has 7 heteroatoms. The average Bonchev–Trinajstić information content (AvgIpc) is 2.68. The summed E-state index contributed by atoms with van der Waals surface area (Å²) in [4.78, 5) is 32.9. The zero-order chi connectivity index (χ0) is 19.0. The highest BCUT2D eigenvalue weighted by molar-refractivity contribution is 6.07. The number of aliphatic hydroxyl groups excluding tert-OH is 1. The van der Waals surface area contributed by atoms with Crippen molar-refractivity contribution in [1.82, 2.24) is 9.88 Å². The van der Waals surface area contributed by atoms with E-state index in [1.54, 1.807) is 34.3 Å². The summed E-state index contributed by atoms with van der Waals surface area (Å²) in [6, 6.07) is 10.6. The number of carbonyl (C=O) groups is 2. The van der Waals surface area contributed by atoms with Gasteiger partial charge in [0, 0.05) is 43.2 Å². The summed E-state index contributed by atoms with van der Waals surface area (Å²) >= 11 is 0. The number of amides is 2. The molecule has 3 heterocycles. The molecular weight excluding hydrogens is 346 g/mol. The van der Waals surface area contributed by atoms with E-state index in [-0.39, 0.29) is 43.0 Å². The van der Waals surface area contributed by atoms with E-state index in [0.717, 1.165) is 11.3 Å². The van der Waals surface area contributed by atoms with Gasteiger partial charge in [0.2, 0.25) is 5.91 Å². The highest BCUT2D eigenvalue weighted by atomic mass is 16.5. The van der Waals surface area contributed by atoms with E-state index in [0.29, 0.717) is 12.1 Å². The van der Waals surface area contributed by atoms with Crippen LogP contribution in [-0.4, -0.2) is 65.8 Å². The molecule has 1 aromatic carbocycles. The number of benzene rings is 1. The van der Waals surface area contributed by atoms with Crippen molar-refractivity contribution >= 4 is 17.5 Å². The van der Waals surface area contributed by atoms with E-state index >= 15 is 0 Å². The van der Waals surface area contributed by atoms with Crippen molar-refractivity contribution in [2.75, 3.05) is 31.8 Å². The molecule has 140 valence electrons. The number of anilines is 1. The number of ether oxygens (including phenoxy) is 1. The molecule has 1 aromatic heterocycles. The Morgan fingerprint density at radius 1 is 1.22 bits per heavy atom. The van der Waals surface area contributed by atoms with Crippen LogP contribution < -0.4 is 4.90 Å². The Kier molecular flexibility index (Phi) is 4.63. The Labute approximate surface area is 157 Å². The maximum atomic E-state index is 13.1. The minimum Gasteiger partial charge on any atom is -0.394 e. The van der Waals surface area contributed by atoms with Crippen molar-refractivity contribution in [3.8, 4) is 0 Å². The van der Waals surface area contributed by atoms with Crippen molar-refractivity contribution in [1.29, 1.82) is 0 Å². The number of rotatable bonds is 4. The highest BCUT2D eigenvalue weighted by Gasteiger charge is 2.55. The van der Waals surface area contributed by atoms with Gasteiger partial charge >= 0.3 is 0 Å². The van der Waals surface area contributed by atoms with Crippen molar-refractivity contribution in [3.05, 3.63) is 59.9 Å². The predicted octanol–water partition coefficient (Wildman–Crippen LogP) is 1.04. The Morgan fingerprint density at radius 3 is 2.67 bits per heavy atom. The molecule has 0 radical (unpaired) electrons. The summed E-state index contributed by atoms with van der Waals surface area (Å²) in [5.41, 5.74) is 2.36. The molecule has 7 nitrogen and oxygen atoms in total. The highest BCUT2D eigenvalue weighted by Crippen LogP contribution is 2.48. The van der Waals surface area contributed by atoms with Gasteiger partial charge in [-0.05, 0) is 23.8 Å². The monoisotopic (exact) mass is 367 g/mol. The number of hydrogen-bond acceptors (Lipinski definition) is 5. The van der Waals surface area contributed by atoms with E-state index in [9.17, 15) is 14.7 Å². The van der Waals surface area contributed by atoms with E-state index in [1.807, 2.05) is 24.3 Å². The van der Waals surface area contributed by atoms with Gasteiger partial charge in [-0.3, -0.25) is 14.6 Å². The minimum atomic E-state index is -0.294. The molecular formula is C20H21N3O4. The molecule has 0 bridgehead atoms. The lowest BCUT2D eigenvalue weighted by atomic mass is 9.72.